The number of ether oxygens (including phenoxy) is 2. The summed E-state index contributed by atoms with van der Waals surface area (Å²) in [5.41, 5.74) is 5.14. The molecule has 1 aliphatic heterocycles. The molecule has 2 N–H and O–H groups in total. The SMILES string of the molecule is CCO[C@H](C)C(=O)N1CCO[C@H](CN(C)CC(N)=O)C1. The zero-order chi connectivity index (χ0) is 15.1. The molecule has 0 aromatic heterocycles. The van der Waals surface area contributed by atoms with Gasteiger partial charge in [-0.05, 0) is 20.9 Å². The summed E-state index contributed by atoms with van der Waals surface area (Å²) in [7, 11) is 1.80. The van der Waals surface area contributed by atoms with Crippen molar-refractivity contribution in [3.8, 4) is 0 Å². The average molecular weight is 287 g/mol. The van der Waals surface area contributed by atoms with Crippen molar-refractivity contribution >= 4 is 11.8 Å². The van der Waals surface area contributed by atoms with Gasteiger partial charge in [-0.3, -0.25) is 14.5 Å². The molecule has 0 bridgehead atoms. The standard InChI is InChI=1S/C13H25N3O4/c1-4-19-10(2)13(18)16-5-6-20-11(8-16)7-15(3)9-12(14)17/h10-11H,4-9H2,1-3H3,(H2,14,17)/t10-,11-/m1/s1. The van der Waals surface area contributed by atoms with Crippen molar-refractivity contribution in [2.24, 2.45) is 5.73 Å². The number of likely N-dealkylation sites (N-methyl/N-ethyl adjacent to an activating group) is 1. The molecular weight excluding hydrogens is 262 g/mol. The van der Waals surface area contributed by atoms with E-state index in [4.69, 9.17) is 15.2 Å². The van der Waals surface area contributed by atoms with Crippen LogP contribution in [0.25, 0.3) is 0 Å². The van der Waals surface area contributed by atoms with Gasteiger partial charge >= 0.3 is 0 Å². The molecule has 0 aromatic carbocycles. The van der Waals surface area contributed by atoms with E-state index in [0.29, 0.717) is 32.8 Å². The third kappa shape index (κ3) is 5.44. The molecule has 1 rings (SSSR count). The number of morpholine rings is 1. The summed E-state index contributed by atoms with van der Waals surface area (Å²) in [6, 6.07) is 0. The molecule has 1 fully saturated rings. The van der Waals surface area contributed by atoms with E-state index in [2.05, 4.69) is 0 Å². The van der Waals surface area contributed by atoms with Crippen LogP contribution >= 0.6 is 0 Å². The molecule has 7 nitrogen and oxygen atoms in total. The van der Waals surface area contributed by atoms with Crippen LogP contribution in [0.4, 0.5) is 0 Å². The molecule has 0 radical (unpaired) electrons. The van der Waals surface area contributed by atoms with Crippen molar-refractivity contribution in [2.75, 3.05) is 46.4 Å². The Morgan fingerprint density at radius 3 is 2.85 bits per heavy atom. The largest absolute Gasteiger partial charge is 0.373 e. The van der Waals surface area contributed by atoms with Gasteiger partial charge in [-0.25, -0.2) is 0 Å². The number of carbonyl (C=O) groups is 2. The number of nitrogens with zero attached hydrogens (tertiary/aromatic N) is 2. The molecule has 2 amide bonds. The zero-order valence-electron chi connectivity index (χ0n) is 12.5. The van der Waals surface area contributed by atoms with Gasteiger partial charge in [0, 0.05) is 26.2 Å². The predicted molar refractivity (Wildman–Crippen MR) is 74.1 cm³/mol. The first-order chi connectivity index (χ1) is 9.43. The summed E-state index contributed by atoms with van der Waals surface area (Å²) in [5, 5.41) is 0. The lowest BCUT2D eigenvalue weighted by molar-refractivity contribution is -0.150. The molecule has 1 aliphatic rings. The van der Waals surface area contributed by atoms with E-state index in [1.54, 1.807) is 23.8 Å². The number of primary amides is 1. The van der Waals surface area contributed by atoms with Crippen molar-refractivity contribution in [1.82, 2.24) is 9.80 Å². The van der Waals surface area contributed by atoms with Gasteiger partial charge in [0.1, 0.15) is 6.10 Å². The van der Waals surface area contributed by atoms with Crippen molar-refractivity contribution in [2.45, 2.75) is 26.1 Å². The van der Waals surface area contributed by atoms with E-state index in [0.717, 1.165) is 0 Å². The van der Waals surface area contributed by atoms with Crippen LogP contribution in [0.3, 0.4) is 0 Å². The van der Waals surface area contributed by atoms with E-state index in [1.807, 2.05) is 6.92 Å². The first kappa shape index (κ1) is 16.9. The number of rotatable bonds is 7. The molecule has 20 heavy (non-hydrogen) atoms. The molecule has 0 spiro atoms. The Morgan fingerprint density at radius 2 is 2.25 bits per heavy atom. The lowest BCUT2D eigenvalue weighted by Crippen LogP contribution is -2.52. The number of carbonyl (C=O) groups excluding carboxylic acids is 2. The van der Waals surface area contributed by atoms with Crippen molar-refractivity contribution < 1.29 is 19.1 Å². The summed E-state index contributed by atoms with van der Waals surface area (Å²) in [6.07, 6.45) is -0.534. The fourth-order valence-corrected chi connectivity index (χ4v) is 2.29. The lowest BCUT2D eigenvalue weighted by atomic mass is 10.2. The van der Waals surface area contributed by atoms with E-state index >= 15 is 0 Å². The summed E-state index contributed by atoms with van der Waals surface area (Å²) in [4.78, 5) is 26.6. The van der Waals surface area contributed by atoms with Crippen LogP contribution < -0.4 is 5.73 Å². The topological polar surface area (TPSA) is 85.1 Å². The Hall–Kier alpha value is -1.18. The molecule has 0 saturated carbocycles. The van der Waals surface area contributed by atoms with Gasteiger partial charge in [-0.1, -0.05) is 0 Å². The number of nitrogens with two attached hydrogens (primary N) is 1. The lowest BCUT2D eigenvalue weighted by Gasteiger charge is -2.35. The molecule has 116 valence electrons. The molecule has 7 heteroatoms. The fourth-order valence-electron chi connectivity index (χ4n) is 2.29. The van der Waals surface area contributed by atoms with Crippen LogP contribution in [0.1, 0.15) is 13.8 Å². The first-order valence-corrected chi connectivity index (χ1v) is 6.92. The summed E-state index contributed by atoms with van der Waals surface area (Å²) in [5.74, 6) is -0.390. The molecule has 2 atom stereocenters. The van der Waals surface area contributed by atoms with Crippen LogP contribution in [0.15, 0.2) is 0 Å². The second kappa shape index (κ2) is 8.18. The molecular formula is C13H25N3O4. The third-order valence-electron chi connectivity index (χ3n) is 3.16. The molecule has 1 saturated heterocycles. The monoisotopic (exact) mass is 287 g/mol. The van der Waals surface area contributed by atoms with Gasteiger partial charge in [0.05, 0.1) is 19.3 Å². The highest BCUT2D eigenvalue weighted by Crippen LogP contribution is 2.09. The molecule has 0 unspecified atom stereocenters. The first-order valence-electron chi connectivity index (χ1n) is 6.92. The Morgan fingerprint density at radius 1 is 1.55 bits per heavy atom. The molecule has 0 aliphatic carbocycles. The minimum Gasteiger partial charge on any atom is -0.373 e. The maximum atomic E-state index is 12.2. The van der Waals surface area contributed by atoms with Gasteiger partial charge in [0.25, 0.3) is 5.91 Å². The van der Waals surface area contributed by atoms with Crippen molar-refractivity contribution in [3.63, 3.8) is 0 Å². The minimum atomic E-state index is -0.429. The Balaban J connectivity index is 2.45. The van der Waals surface area contributed by atoms with E-state index < -0.39 is 6.10 Å². The van der Waals surface area contributed by atoms with E-state index in [9.17, 15) is 9.59 Å². The van der Waals surface area contributed by atoms with Gasteiger partial charge in [-0.15, -0.1) is 0 Å². The normalized spacial score (nSPS) is 21.0. The van der Waals surface area contributed by atoms with Gasteiger partial charge in [0.15, 0.2) is 0 Å². The third-order valence-corrected chi connectivity index (χ3v) is 3.16. The number of amides is 2. The van der Waals surface area contributed by atoms with Crippen LogP contribution in [-0.4, -0.2) is 80.3 Å². The second-order valence-corrected chi connectivity index (χ2v) is 5.04. The fraction of sp³-hybridized carbons (Fsp3) is 0.846. The highest BCUT2D eigenvalue weighted by Gasteiger charge is 2.28. The number of hydrogen-bond donors (Lipinski definition) is 1. The van der Waals surface area contributed by atoms with Crippen LogP contribution in [0, 0.1) is 0 Å². The maximum absolute atomic E-state index is 12.2. The molecule has 0 aromatic rings. The van der Waals surface area contributed by atoms with Crippen LogP contribution in [0.2, 0.25) is 0 Å². The van der Waals surface area contributed by atoms with Gasteiger partial charge in [0.2, 0.25) is 5.91 Å². The minimum absolute atomic E-state index is 0.0160. The van der Waals surface area contributed by atoms with E-state index in [-0.39, 0.29) is 24.5 Å². The summed E-state index contributed by atoms with van der Waals surface area (Å²) < 4.78 is 10.9. The number of hydrogen-bond acceptors (Lipinski definition) is 5. The van der Waals surface area contributed by atoms with Gasteiger partial charge in [-0.2, -0.15) is 0 Å². The highest BCUT2D eigenvalue weighted by atomic mass is 16.5. The Kier molecular flexibility index (Phi) is 6.90. The van der Waals surface area contributed by atoms with Crippen LogP contribution in [0.5, 0.6) is 0 Å². The van der Waals surface area contributed by atoms with Crippen molar-refractivity contribution in [1.29, 1.82) is 0 Å². The summed E-state index contributed by atoms with van der Waals surface area (Å²) >= 11 is 0. The van der Waals surface area contributed by atoms with Crippen LogP contribution in [-0.2, 0) is 19.1 Å². The zero-order valence-corrected chi connectivity index (χ0v) is 12.5. The molecule has 1 heterocycles. The van der Waals surface area contributed by atoms with Crippen molar-refractivity contribution in [3.05, 3.63) is 0 Å². The second-order valence-electron chi connectivity index (χ2n) is 5.04. The van der Waals surface area contributed by atoms with E-state index in [1.165, 1.54) is 0 Å². The predicted octanol–water partition coefficient (Wildman–Crippen LogP) is -0.944. The smallest absolute Gasteiger partial charge is 0.251 e. The maximum Gasteiger partial charge on any atom is 0.251 e. The highest BCUT2D eigenvalue weighted by molar-refractivity contribution is 5.80. The Labute approximate surface area is 120 Å². The van der Waals surface area contributed by atoms with Gasteiger partial charge < -0.3 is 20.1 Å². The summed E-state index contributed by atoms with van der Waals surface area (Å²) in [6.45, 7) is 6.48. The Bertz CT molecular complexity index is 338. The average Bonchev–Trinajstić information content (AvgIpc) is 2.37. The quantitative estimate of drug-likeness (QED) is 0.653.